The molecule has 5 nitrogen and oxygen atoms in total. The van der Waals surface area contributed by atoms with E-state index in [1.165, 1.54) is 17.0 Å². The van der Waals surface area contributed by atoms with E-state index in [1.807, 2.05) is 36.0 Å². The van der Waals surface area contributed by atoms with Crippen molar-refractivity contribution < 1.29 is 9.59 Å². The Bertz CT molecular complexity index is 644. The van der Waals surface area contributed by atoms with Gasteiger partial charge < -0.3 is 15.5 Å². The number of nitrogens with one attached hydrogen (secondary N) is 2. The standard InChI is InChI=1S/C19H25N3O2S/c1-22(17-7-3-2-4-8-17)13-6-12-20-18(23)9-5-11-21-19(24)16-10-14-25-15-16/h2-4,7-8,10,14-15H,5-6,9,11-13H2,1H3,(H,20,23)(H,21,24). The Labute approximate surface area is 153 Å². The van der Waals surface area contributed by atoms with E-state index in [4.69, 9.17) is 0 Å². The molecule has 0 aliphatic rings. The van der Waals surface area contributed by atoms with E-state index >= 15 is 0 Å². The van der Waals surface area contributed by atoms with Gasteiger partial charge in [-0.15, -0.1) is 0 Å². The molecule has 0 unspecified atom stereocenters. The van der Waals surface area contributed by atoms with E-state index in [-0.39, 0.29) is 11.8 Å². The maximum Gasteiger partial charge on any atom is 0.252 e. The van der Waals surface area contributed by atoms with Gasteiger partial charge in [-0.25, -0.2) is 0 Å². The lowest BCUT2D eigenvalue weighted by atomic mass is 10.2. The summed E-state index contributed by atoms with van der Waals surface area (Å²) in [5.41, 5.74) is 1.85. The molecule has 1 aromatic carbocycles. The van der Waals surface area contributed by atoms with Gasteiger partial charge in [-0.05, 0) is 36.4 Å². The molecule has 0 aliphatic carbocycles. The molecule has 2 rings (SSSR count). The Morgan fingerprint density at radius 3 is 2.52 bits per heavy atom. The lowest BCUT2D eigenvalue weighted by Gasteiger charge is -2.19. The molecule has 0 saturated heterocycles. The van der Waals surface area contributed by atoms with Crippen molar-refractivity contribution in [2.75, 3.05) is 31.6 Å². The fourth-order valence-electron chi connectivity index (χ4n) is 2.39. The maximum absolute atomic E-state index is 11.8. The van der Waals surface area contributed by atoms with Crippen LogP contribution < -0.4 is 15.5 Å². The number of para-hydroxylation sites is 1. The number of amides is 2. The number of thiophene rings is 1. The zero-order chi connectivity index (χ0) is 17.9. The summed E-state index contributed by atoms with van der Waals surface area (Å²) in [4.78, 5) is 25.7. The molecule has 2 N–H and O–H groups in total. The normalized spacial score (nSPS) is 10.3. The molecule has 0 atom stereocenters. The highest BCUT2D eigenvalue weighted by Crippen LogP contribution is 2.10. The Hall–Kier alpha value is -2.34. The summed E-state index contributed by atoms with van der Waals surface area (Å²) in [6.07, 6.45) is 1.97. The van der Waals surface area contributed by atoms with Gasteiger partial charge >= 0.3 is 0 Å². The van der Waals surface area contributed by atoms with Crippen LogP contribution >= 0.6 is 11.3 Å². The van der Waals surface area contributed by atoms with Crippen molar-refractivity contribution in [2.24, 2.45) is 0 Å². The van der Waals surface area contributed by atoms with Crippen molar-refractivity contribution >= 4 is 28.8 Å². The van der Waals surface area contributed by atoms with Crippen molar-refractivity contribution in [3.05, 3.63) is 52.7 Å². The Morgan fingerprint density at radius 2 is 1.80 bits per heavy atom. The highest BCUT2D eigenvalue weighted by atomic mass is 32.1. The summed E-state index contributed by atoms with van der Waals surface area (Å²) in [7, 11) is 2.05. The van der Waals surface area contributed by atoms with Crippen LogP contribution in [0.4, 0.5) is 5.69 Å². The van der Waals surface area contributed by atoms with Gasteiger partial charge in [-0.2, -0.15) is 11.3 Å². The van der Waals surface area contributed by atoms with Crippen LogP contribution in [0.3, 0.4) is 0 Å². The summed E-state index contributed by atoms with van der Waals surface area (Å²) >= 11 is 1.50. The first-order valence-corrected chi connectivity index (χ1v) is 9.44. The number of hydrogen-bond acceptors (Lipinski definition) is 4. The summed E-state index contributed by atoms with van der Waals surface area (Å²) < 4.78 is 0. The third-order valence-electron chi connectivity index (χ3n) is 3.84. The van der Waals surface area contributed by atoms with Crippen LogP contribution in [0, 0.1) is 0 Å². The Kier molecular flexibility index (Phi) is 7.98. The monoisotopic (exact) mass is 359 g/mol. The quantitative estimate of drug-likeness (QED) is 0.641. The van der Waals surface area contributed by atoms with Gasteiger partial charge in [0.1, 0.15) is 0 Å². The summed E-state index contributed by atoms with van der Waals surface area (Å²) in [6.45, 7) is 2.07. The molecule has 1 aromatic heterocycles. The highest BCUT2D eigenvalue weighted by molar-refractivity contribution is 7.08. The van der Waals surface area contributed by atoms with Crippen LogP contribution in [-0.4, -0.2) is 38.5 Å². The predicted molar refractivity (Wildman–Crippen MR) is 103 cm³/mol. The highest BCUT2D eigenvalue weighted by Gasteiger charge is 2.06. The second-order valence-corrected chi connectivity index (χ2v) is 6.61. The molecule has 6 heteroatoms. The van der Waals surface area contributed by atoms with Crippen molar-refractivity contribution in [2.45, 2.75) is 19.3 Å². The first-order chi connectivity index (χ1) is 12.2. The van der Waals surface area contributed by atoms with Crippen LogP contribution in [-0.2, 0) is 4.79 Å². The third-order valence-corrected chi connectivity index (χ3v) is 4.52. The van der Waals surface area contributed by atoms with E-state index in [0.29, 0.717) is 31.5 Å². The number of rotatable bonds is 10. The summed E-state index contributed by atoms with van der Waals surface area (Å²) in [6, 6.07) is 12.0. The van der Waals surface area contributed by atoms with E-state index in [9.17, 15) is 9.59 Å². The predicted octanol–water partition coefficient (Wildman–Crippen LogP) is 2.90. The molecular formula is C19H25N3O2S. The fraction of sp³-hybridized carbons (Fsp3) is 0.368. The second kappa shape index (κ2) is 10.5. The van der Waals surface area contributed by atoms with Crippen LogP contribution in [0.1, 0.15) is 29.6 Å². The van der Waals surface area contributed by atoms with E-state index in [1.54, 1.807) is 6.07 Å². The summed E-state index contributed by atoms with van der Waals surface area (Å²) in [5, 5.41) is 9.44. The van der Waals surface area contributed by atoms with Crippen molar-refractivity contribution in [1.29, 1.82) is 0 Å². The average Bonchev–Trinajstić information content (AvgIpc) is 3.17. The number of nitrogens with zero attached hydrogens (tertiary/aromatic N) is 1. The van der Waals surface area contributed by atoms with Gasteiger partial charge in [0.15, 0.2) is 0 Å². The molecule has 25 heavy (non-hydrogen) atoms. The smallest absolute Gasteiger partial charge is 0.252 e. The largest absolute Gasteiger partial charge is 0.375 e. The molecule has 2 aromatic rings. The first kappa shape index (κ1) is 19.0. The molecule has 0 saturated carbocycles. The second-order valence-electron chi connectivity index (χ2n) is 5.83. The lowest BCUT2D eigenvalue weighted by molar-refractivity contribution is -0.121. The van der Waals surface area contributed by atoms with Gasteiger partial charge in [0.2, 0.25) is 5.91 Å². The van der Waals surface area contributed by atoms with E-state index in [0.717, 1.165) is 13.0 Å². The van der Waals surface area contributed by atoms with Crippen LogP contribution in [0.5, 0.6) is 0 Å². The van der Waals surface area contributed by atoms with Gasteiger partial charge in [0.05, 0.1) is 0 Å². The number of hydrogen-bond donors (Lipinski definition) is 2. The number of carbonyl (C=O) groups excluding carboxylic acids is 2. The molecule has 2 amide bonds. The first-order valence-electron chi connectivity index (χ1n) is 8.50. The minimum Gasteiger partial charge on any atom is -0.375 e. The zero-order valence-corrected chi connectivity index (χ0v) is 15.3. The van der Waals surface area contributed by atoms with Crippen molar-refractivity contribution in [3.8, 4) is 0 Å². The number of anilines is 1. The summed E-state index contributed by atoms with van der Waals surface area (Å²) in [5.74, 6) is -0.0437. The van der Waals surface area contributed by atoms with Crippen LogP contribution in [0.15, 0.2) is 47.2 Å². The Balaban J connectivity index is 1.50. The maximum atomic E-state index is 11.8. The third kappa shape index (κ3) is 6.97. The molecule has 1 heterocycles. The Morgan fingerprint density at radius 1 is 1.04 bits per heavy atom. The van der Waals surface area contributed by atoms with Crippen molar-refractivity contribution in [3.63, 3.8) is 0 Å². The molecule has 0 aliphatic heterocycles. The molecule has 0 radical (unpaired) electrons. The molecule has 0 spiro atoms. The van der Waals surface area contributed by atoms with Gasteiger partial charge in [0.25, 0.3) is 5.91 Å². The number of benzene rings is 1. The van der Waals surface area contributed by atoms with E-state index in [2.05, 4.69) is 27.7 Å². The average molecular weight is 359 g/mol. The fourth-order valence-corrected chi connectivity index (χ4v) is 3.03. The number of carbonyl (C=O) groups is 2. The van der Waals surface area contributed by atoms with E-state index < -0.39 is 0 Å². The van der Waals surface area contributed by atoms with Gasteiger partial charge in [0, 0.05) is 49.7 Å². The molecule has 134 valence electrons. The minimum atomic E-state index is -0.0781. The lowest BCUT2D eigenvalue weighted by Crippen LogP contribution is -2.29. The molecule has 0 bridgehead atoms. The zero-order valence-electron chi connectivity index (χ0n) is 14.5. The SMILES string of the molecule is CN(CCCNC(=O)CCCNC(=O)c1ccsc1)c1ccccc1. The molecule has 0 fully saturated rings. The van der Waals surface area contributed by atoms with Crippen LogP contribution in [0.25, 0.3) is 0 Å². The topological polar surface area (TPSA) is 61.4 Å². The van der Waals surface area contributed by atoms with Crippen molar-refractivity contribution in [1.82, 2.24) is 10.6 Å². The van der Waals surface area contributed by atoms with Crippen LogP contribution in [0.2, 0.25) is 0 Å². The van der Waals surface area contributed by atoms with Gasteiger partial charge in [-0.1, -0.05) is 18.2 Å². The molecular weight excluding hydrogens is 334 g/mol. The van der Waals surface area contributed by atoms with Gasteiger partial charge in [-0.3, -0.25) is 9.59 Å². The minimum absolute atomic E-state index is 0.0344.